The summed E-state index contributed by atoms with van der Waals surface area (Å²) < 4.78 is 0. The molecule has 8 aromatic carbocycles. The van der Waals surface area contributed by atoms with Crippen LogP contribution in [0.5, 0.6) is 0 Å². The average molecular weight is 777 g/mol. The Kier molecular flexibility index (Phi) is 9.09. The third-order valence-corrected chi connectivity index (χ3v) is 12.2. The second-order valence-corrected chi connectivity index (χ2v) is 15.8. The van der Waals surface area contributed by atoms with Crippen molar-refractivity contribution in [1.29, 1.82) is 0 Å². The van der Waals surface area contributed by atoms with Gasteiger partial charge in [-0.3, -0.25) is 9.97 Å². The van der Waals surface area contributed by atoms with Gasteiger partial charge in [0, 0.05) is 23.5 Å². The van der Waals surface area contributed by atoms with Crippen LogP contribution in [0.15, 0.2) is 243 Å². The van der Waals surface area contributed by atoms with E-state index in [4.69, 9.17) is 9.97 Å². The minimum absolute atomic E-state index is 0.708. The molecule has 0 bridgehead atoms. The lowest BCUT2D eigenvalue weighted by atomic mass is 9.66. The molecule has 11 rings (SSSR count). The predicted molar refractivity (Wildman–Crippen MR) is 252 cm³/mol. The lowest BCUT2D eigenvalue weighted by molar-refractivity contribution is 0.769. The van der Waals surface area contributed by atoms with E-state index >= 15 is 0 Å². The van der Waals surface area contributed by atoms with Gasteiger partial charge >= 0.3 is 0 Å². The van der Waals surface area contributed by atoms with E-state index in [0.29, 0.717) is 0 Å². The average Bonchev–Trinajstić information content (AvgIpc) is 3.66. The van der Waals surface area contributed by atoms with Crippen molar-refractivity contribution in [3.8, 4) is 78.1 Å². The van der Waals surface area contributed by atoms with Gasteiger partial charge in [0.05, 0.1) is 16.8 Å². The van der Waals surface area contributed by atoms with Crippen molar-refractivity contribution in [3.63, 3.8) is 0 Å². The zero-order valence-corrected chi connectivity index (χ0v) is 33.5. The Balaban J connectivity index is 1.23. The van der Waals surface area contributed by atoms with Gasteiger partial charge in [-0.05, 0) is 139 Å². The molecule has 0 radical (unpaired) electrons. The van der Waals surface area contributed by atoms with E-state index in [1.54, 1.807) is 0 Å². The molecule has 0 amide bonds. The maximum atomic E-state index is 5.05. The van der Waals surface area contributed by atoms with Crippen molar-refractivity contribution in [2.75, 3.05) is 0 Å². The number of benzene rings is 8. The van der Waals surface area contributed by atoms with Crippen LogP contribution in [0.4, 0.5) is 0 Å². The van der Waals surface area contributed by atoms with Crippen molar-refractivity contribution < 1.29 is 0 Å². The molecule has 0 atom stereocenters. The third kappa shape index (κ3) is 6.46. The zero-order chi connectivity index (χ0) is 40.6. The second kappa shape index (κ2) is 15.3. The Bertz CT molecular complexity index is 2960. The zero-order valence-electron chi connectivity index (χ0n) is 33.5. The molecule has 61 heavy (non-hydrogen) atoms. The highest BCUT2D eigenvalue weighted by Gasteiger charge is 2.46. The molecule has 2 aromatic heterocycles. The molecule has 0 N–H and O–H groups in total. The molecule has 286 valence electrons. The van der Waals surface area contributed by atoms with Gasteiger partial charge in [-0.15, -0.1) is 0 Å². The molecule has 10 aromatic rings. The van der Waals surface area contributed by atoms with Crippen LogP contribution in [0.3, 0.4) is 0 Å². The minimum Gasteiger partial charge on any atom is -0.256 e. The third-order valence-electron chi connectivity index (χ3n) is 12.2. The summed E-state index contributed by atoms with van der Waals surface area (Å²) in [6.45, 7) is 0. The number of fused-ring (bicyclic) bond motifs is 3. The Hall–Kier alpha value is -7.94. The summed E-state index contributed by atoms with van der Waals surface area (Å²) in [5, 5.41) is 0. The Morgan fingerprint density at radius 1 is 0.246 bits per heavy atom. The Labute approximate surface area is 357 Å². The van der Waals surface area contributed by atoms with E-state index in [0.717, 1.165) is 67.0 Å². The molecule has 0 saturated heterocycles. The van der Waals surface area contributed by atoms with Gasteiger partial charge in [0.15, 0.2) is 0 Å². The summed E-state index contributed by atoms with van der Waals surface area (Å²) in [7, 11) is 0. The number of rotatable bonds is 8. The van der Waals surface area contributed by atoms with Gasteiger partial charge in [-0.1, -0.05) is 170 Å². The number of nitrogens with zero attached hydrogens (tertiary/aromatic N) is 2. The fraction of sp³-hybridized carbons (Fsp3) is 0.0169. The summed E-state index contributed by atoms with van der Waals surface area (Å²) in [5.41, 5.74) is 19.8. The van der Waals surface area contributed by atoms with Crippen LogP contribution < -0.4 is 0 Å². The van der Waals surface area contributed by atoms with Gasteiger partial charge in [-0.2, -0.15) is 0 Å². The number of pyridine rings is 2. The summed E-state index contributed by atoms with van der Waals surface area (Å²) in [5.74, 6) is 0. The number of hydrogen-bond donors (Lipinski definition) is 0. The standard InChI is InChI=1S/C59H40N2/c1-5-17-41(18-6-1)45-29-31-60-57(39-45)49-33-47(43-21-9-3-10-22-43)35-51(37-49)59(55-27-15-13-25-53(55)54-26-14-16-28-56(54)59)52-36-48(44-23-11-4-12-24-44)34-50(38-52)58-40-46(30-32-61-58)42-19-7-2-8-20-42/h1-40H. The highest BCUT2D eigenvalue weighted by molar-refractivity contribution is 5.89. The largest absolute Gasteiger partial charge is 0.256 e. The van der Waals surface area contributed by atoms with Crippen LogP contribution >= 0.6 is 0 Å². The molecule has 1 aliphatic rings. The first-order valence-electron chi connectivity index (χ1n) is 20.9. The van der Waals surface area contributed by atoms with E-state index in [1.807, 2.05) is 12.4 Å². The molecular weight excluding hydrogens is 737 g/mol. The molecule has 0 unspecified atom stereocenters. The lowest BCUT2D eigenvalue weighted by Crippen LogP contribution is -2.29. The van der Waals surface area contributed by atoms with Crippen LogP contribution in [0, 0.1) is 0 Å². The Morgan fingerprint density at radius 3 is 0.967 bits per heavy atom. The smallest absolute Gasteiger partial charge is 0.0714 e. The van der Waals surface area contributed by atoms with Gasteiger partial charge in [0.25, 0.3) is 0 Å². The topological polar surface area (TPSA) is 25.8 Å². The quantitative estimate of drug-likeness (QED) is 0.154. The molecule has 2 nitrogen and oxygen atoms in total. The van der Waals surface area contributed by atoms with Crippen molar-refractivity contribution in [1.82, 2.24) is 9.97 Å². The van der Waals surface area contributed by atoms with E-state index in [2.05, 4.69) is 231 Å². The molecule has 1 aliphatic carbocycles. The van der Waals surface area contributed by atoms with Crippen LogP contribution in [0.25, 0.3) is 78.1 Å². The van der Waals surface area contributed by atoms with Crippen LogP contribution in [-0.4, -0.2) is 9.97 Å². The fourth-order valence-electron chi connectivity index (χ4n) is 9.40. The summed E-state index contributed by atoms with van der Waals surface area (Å²) in [4.78, 5) is 10.1. The van der Waals surface area contributed by atoms with Crippen molar-refractivity contribution in [2.24, 2.45) is 0 Å². The highest BCUT2D eigenvalue weighted by Crippen LogP contribution is 2.57. The van der Waals surface area contributed by atoms with E-state index in [-0.39, 0.29) is 0 Å². The monoisotopic (exact) mass is 776 g/mol. The predicted octanol–water partition coefficient (Wildman–Crippen LogP) is 14.8. The van der Waals surface area contributed by atoms with E-state index in [1.165, 1.54) is 33.4 Å². The molecular formula is C59H40N2. The fourth-order valence-corrected chi connectivity index (χ4v) is 9.40. The second-order valence-electron chi connectivity index (χ2n) is 15.8. The highest BCUT2D eigenvalue weighted by atomic mass is 14.7. The summed E-state index contributed by atoms with van der Waals surface area (Å²) in [6.07, 6.45) is 3.88. The van der Waals surface area contributed by atoms with Crippen LogP contribution in [0.1, 0.15) is 22.3 Å². The molecule has 0 fully saturated rings. The first kappa shape index (κ1) is 36.2. The minimum atomic E-state index is -0.708. The molecule has 2 heterocycles. The first-order valence-corrected chi connectivity index (χ1v) is 20.9. The van der Waals surface area contributed by atoms with Crippen LogP contribution in [0.2, 0.25) is 0 Å². The van der Waals surface area contributed by atoms with Gasteiger partial charge < -0.3 is 0 Å². The van der Waals surface area contributed by atoms with Gasteiger partial charge in [-0.25, -0.2) is 0 Å². The lowest BCUT2D eigenvalue weighted by Gasteiger charge is -2.35. The van der Waals surface area contributed by atoms with E-state index < -0.39 is 5.41 Å². The van der Waals surface area contributed by atoms with Gasteiger partial charge in [0.1, 0.15) is 0 Å². The van der Waals surface area contributed by atoms with E-state index in [9.17, 15) is 0 Å². The summed E-state index contributed by atoms with van der Waals surface area (Å²) in [6, 6.07) is 83.5. The first-order chi connectivity index (χ1) is 30.2. The maximum absolute atomic E-state index is 5.05. The number of hydrogen-bond acceptors (Lipinski definition) is 2. The summed E-state index contributed by atoms with van der Waals surface area (Å²) >= 11 is 0. The molecule has 0 saturated carbocycles. The molecule has 2 heteroatoms. The SMILES string of the molecule is c1ccc(-c2cc(-c3cc(-c4ccccc4)ccn3)cc(C3(c4cc(-c5ccccc5)cc(-c5cc(-c6ccccc6)ccn5)c4)c4ccccc4-c4ccccc43)c2)cc1. The Morgan fingerprint density at radius 2 is 0.574 bits per heavy atom. The molecule has 0 spiro atoms. The molecule has 0 aliphatic heterocycles. The van der Waals surface area contributed by atoms with Crippen molar-refractivity contribution in [2.45, 2.75) is 5.41 Å². The normalized spacial score (nSPS) is 12.4. The van der Waals surface area contributed by atoms with Crippen molar-refractivity contribution in [3.05, 3.63) is 265 Å². The van der Waals surface area contributed by atoms with Crippen molar-refractivity contribution >= 4 is 0 Å². The van der Waals surface area contributed by atoms with Gasteiger partial charge in [0.2, 0.25) is 0 Å². The van der Waals surface area contributed by atoms with Crippen LogP contribution in [-0.2, 0) is 5.41 Å². The number of aromatic nitrogens is 2. The maximum Gasteiger partial charge on any atom is 0.0714 e.